The van der Waals surface area contributed by atoms with Gasteiger partial charge in [0.1, 0.15) is 5.82 Å². The monoisotopic (exact) mass is 390 g/mol. The molecule has 2 nitrogen and oxygen atoms in total. The lowest BCUT2D eigenvalue weighted by atomic mass is 9.97. The summed E-state index contributed by atoms with van der Waals surface area (Å²) in [5.41, 5.74) is 3.58. The van der Waals surface area contributed by atoms with Crippen LogP contribution in [0.4, 0.5) is 17.6 Å². The lowest BCUT2D eigenvalue weighted by molar-refractivity contribution is -0.137. The van der Waals surface area contributed by atoms with E-state index in [4.69, 9.17) is 0 Å². The summed E-state index contributed by atoms with van der Waals surface area (Å²) in [5, 5.41) is 0.932. The first-order valence-corrected chi connectivity index (χ1v) is 9.42. The molecule has 0 fully saturated rings. The molecule has 0 N–H and O–H groups in total. The number of fused-ring (bicyclic) bond motifs is 3. The normalized spacial score (nSPS) is 17.9. The molecule has 0 bridgehead atoms. The highest BCUT2D eigenvalue weighted by molar-refractivity contribution is 5.86. The summed E-state index contributed by atoms with van der Waals surface area (Å²) in [4.78, 5) is 2.26. The van der Waals surface area contributed by atoms with E-state index in [0.717, 1.165) is 47.1 Å². The summed E-state index contributed by atoms with van der Waals surface area (Å²) in [6.45, 7) is 3.70. The van der Waals surface area contributed by atoms with Crippen LogP contribution in [0.15, 0.2) is 42.5 Å². The van der Waals surface area contributed by atoms with Crippen molar-refractivity contribution in [2.75, 3.05) is 13.6 Å². The molecule has 0 radical (unpaired) electrons. The number of hydrogen-bond donors (Lipinski definition) is 0. The molecule has 0 spiro atoms. The summed E-state index contributed by atoms with van der Waals surface area (Å²) in [7, 11) is 2.07. The van der Waals surface area contributed by atoms with Crippen LogP contribution in [0.2, 0.25) is 0 Å². The van der Waals surface area contributed by atoms with Crippen molar-refractivity contribution in [3.63, 3.8) is 0 Å². The van der Waals surface area contributed by atoms with Crippen LogP contribution in [0.5, 0.6) is 0 Å². The number of alkyl halides is 3. The lowest BCUT2D eigenvalue weighted by Crippen LogP contribution is -2.31. The average molecular weight is 390 g/mol. The molecule has 0 saturated heterocycles. The summed E-state index contributed by atoms with van der Waals surface area (Å²) >= 11 is 0. The van der Waals surface area contributed by atoms with Gasteiger partial charge in [-0.2, -0.15) is 13.2 Å². The molecule has 0 amide bonds. The van der Waals surface area contributed by atoms with Gasteiger partial charge in [0.25, 0.3) is 0 Å². The van der Waals surface area contributed by atoms with Gasteiger partial charge in [-0.05, 0) is 61.9 Å². The first-order valence-electron chi connectivity index (χ1n) is 9.42. The molecular formula is C22H22F4N2. The van der Waals surface area contributed by atoms with Crippen LogP contribution in [0.1, 0.15) is 35.3 Å². The quantitative estimate of drug-likeness (QED) is 0.529. The van der Waals surface area contributed by atoms with Crippen LogP contribution < -0.4 is 0 Å². The van der Waals surface area contributed by atoms with Crippen molar-refractivity contribution >= 4 is 10.9 Å². The standard InChI is InChI=1S/C22H22F4N2/c1-14-21-18-13-17(23)7-8-19(18)28(20(21)10-11-27(14)2)12-9-15-3-5-16(6-4-15)22(24,25)26/h3-8,13-14H,9-12H2,1-2H3. The molecule has 6 heteroatoms. The molecule has 0 saturated carbocycles. The summed E-state index contributed by atoms with van der Waals surface area (Å²) in [6, 6.07) is 10.4. The van der Waals surface area contributed by atoms with Gasteiger partial charge < -0.3 is 4.57 Å². The minimum absolute atomic E-state index is 0.195. The van der Waals surface area contributed by atoms with Gasteiger partial charge in [0.2, 0.25) is 0 Å². The van der Waals surface area contributed by atoms with Gasteiger partial charge in [-0.25, -0.2) is 4.39 Å². The van der Waals surface area contributed by atoms with Crippen molar-refractivity contribution in [1.82, 2.24) is 9.47 Å². The molecule has 1 aromatic heterocycles. The van der Waals surface area contributed by atoms with Gasteiger partial charge >= 0.3 is 6.18 Å². The molecule has 28 heavy (non-hydrogen) atoms. The van der Waals surface area contributed by atoms with Crippen LogP contribution in [-0.4, -0.2) is 23.1 Å². The number of aryl methyl sites for hydroxylation is 2. The van der Waals surface area contributed by atoms with Gasteiger partial charge in [-0.15, -0.1) is 0 Å². The topological polar surface area (TPSA) is 8.17 Å². The minimum Gasteiger partial charge on any atom is -0.344 e. The van der Waals surface area contributed by atoms with Gasteiger partial charge in [-0.3, -0.25) is 4.90 Å². The maximum atomic E-state index is 13.9. The fourth-order valence-corrected chi connectivity index (χ4v) is 4.19. The Morgan fingerprint density at radius 3 is 2.46 bits per heavy atom. The molecule has 1 aliphatic rings. The number of nitrogens with zero attached hydrogens (tertiary/aromatic N) is 2. The highest BCUT2D eigenvalue weighted by Crippen LogP contribution is 2.37. The first kappa shape index (κ1) is 19.0. The molecule has 1 atom stereocenters. The fourth-order valence-electron chi connectivity index (χ4n) is 4.19. The third kappa shape index (κ3) is 3.30. The summed E-state index contributed by atoms with van der Waals surface area (Å²) in [6.07, 6.45) is -2.82. The van der Waals surface area contributed by atoms with Gasteiger partial charge in [0, 0.05) is 42.1 Å². The van der Waals surface area contributed by atoms with Crippen LogP contribution in [0.25, 0.3) is 10.9 Å². The number of aromatic nitrogens is 1. The van der Waals surface area contributed by atoms with E-state index in [1.165, 1.54) is 23.9 Å². The van der Waals surface area contributed by atoms with Crippen LogP contribution >= 0.6 is 0 Å². The number of rotatable bonds is 3. The molecular weight excluding hydrogens is 368 g/mol. The molecule has 4 rings (SSSR count). The second-order valence-corrected chi connectivity index (χ2v) is 7.52. The zero-order valence-electron chi connectivity index (χ0n) is 15.9. The predicted molar refractivity (Wildman–Crippen MR) is 102 cm³/mol. The Labute approximate surface area is 161 Å². The predicted octanol–water partition coefficient (Wildman–Crippen LogP) is 5.59. The Hall–Kier alpha value is -2.34. The maximum absolute atomic E-state index is 13.9. The smallest absolute Gasteiger partial charge is 0.344 e. The van der Waals surface area contributed by atoms with E-state index in [-0.39, 0.29) is 11.9 Å². The lowest BCUT2D eigenvalue weighted by Gasteiger charge is -2.31. The molecule has 1 aliphatic heterocycles. The minimum atomic E-state index is -4.32. The van der Waals surface area contributed by atoms with E-state index >= 15 is 0 Å². The van der Waals surface area contributed by atoms with E-state index < -0.39 is 11.7 Å². The zero-order valence-corrected chi connectivity index (χ0v) is 15.9. The zero-order chi connectivity index (χ0) is 20.1. The second kappa shape index (κ2) is 6.92. The van der Waals surface area contributed by atoms with Crippen molar-refractivity contribution in [2.45, 2.75) is 38.5 Å². The highest BCUT2D eigenvalue weighted by atomic mass is 19.4. The highest BCUT2D eigenvalue weighted by Gasteiger charge is 2.30. The number of hydrogen-bond acceptors (Lipinski definition) is 1. The van der Waals surface area contributed by atoms with Gasteiger partial charge in [0.15, 0.2) is 0 Å². The SMILES string of the molecule is CC1c2c(n(CCc3ccc(C(F)(F)F)cc3)c3ccc(F)cc23)CCN1C. The van der Waals surface area contributed by atoms with E-state index in [2.05, 4.69) is 23.4 Å². The fraction of sp³-hybridized carbons (Fsp3) is 0.364. The van der Waals surface area contributed by atoms with E-state index in [0.29, 0.717) is 13.0 Å². The Kier molecular flexibility index (Phi) is 4.70. The Balaban J connectivity index is 1.68. The number of benzene rings is 2. The Morgan fingerprint density at radius 2 is 1.79 bits per heavy atom. The van der Waals surface area contributed by atoms with Crippen LogP contribution in [-0.2, 0) is 25.6 Å². The van der Waals surface area contributed by atoms with Crippen LogP contribution in [0.3, 0.4) is 0 Å². The molecule has 3 aromatic rings. The second-order valence-electron chi connectivity index (χ2n) is 7.52. The Bertz CT molecular complexity index is 1000. The van der Waals surface area contributed by atoms with Crippen molar-refractivity contribution in [3.8, 4) is 0 Å². The summed E-state index contributed by atoms with van der Waals surface area (Å²) < 4.78 is 54.4. The molecule has 1 unspecified atom stereocenters. The Morgan fingerprint density at radius 1 is 1.07 bits per heavy atom. The van der Waals surface area contributed by atoms with E-state index in [1.54, 1.807) is 6.07 Å². The average Bonchev–Trinajstić information content (AvgIpc) is 2.96. The molecule has 2 heterocycles. The molecule has 2 aromatic carbocycles. The molecule has 0 aliphatic carbocycles. The summed E-state index contributed by atoms with van der Waals surface area (Å²) in [5.74, 6) is -0.254. The van der Waals surface area contributed by atoms with E-state index in [9.17, 15) is 17.6 Å². The number of likely N-dealkylation sites (N-methyl/N-ethyl adjacent to an activating group) is 1. The van der Waals surface area contributed by atoms with Gasteiger partial charge in [-0.1, -0.05) is 12.1 Å². The molecule has 148 valence electrons. The number of halogens is 4. The third-order valence-corrected chi connectivity index (χ3v) is 5.86. The maximum Gasteiger partial charge on any atom is 0.416 e. The van der Waals surface area contributed by atoms with Gasteiger partial charge in [0.05, 0.1) is 5.56 Å². The van der Waals surface area contributed by atoms with E-state index in [1.807, 2.05) is 6.07 Å². The first-order chi connectivity index (χ1) is 13.3. The largest absolute Gasteiger partial charge is 0.416 e. The van der Waals surface area contributed by atoms with Crippen molar-refractivity contribution in [1.29, 1.82) is 0 Å². The van der Waals surface area contributed by atoms with Crippen molar-refractivity contribution in [3.05, 3.63) is 70.7 Å². The van der Waals surface area contributed by atoms with Crippen molar-refractivity contribution < 1.29 is 17.6 Å². The van der Waals surface area contributed by atoms with Crippen molar-refractivity contribution in [2.24, 2.45) is 0 Å². The third-order valence-electron chi connectivity index (χ3n) is 5.86. The van der Waals surface area contributed by atoms with Crippen LogP contribution in [0, 0.1) is 5.82 Å².